The van der Waals surface area contributed by atoms with Gasteiger partial charge in [-0.3, -0.25) is 4.79 Å². The Hall–Kier alpha value is -0.940. The predicted molar refractivity (Wildman–Crippen MR) is 69.0 cm³/mol. The second-order valence-corrected chi connectivity index (χ2v) is 5.44. The zero-order chi connectivity index (χ0) is 11.4. The molecule has 0 bridgehead atoms. The number of para-hydroxylation sites is 1. The van der Waals surface area contributed by atoms with Crippen molar-refractivity contribution in [3.05, 3.63) is 24.3 Å². The predicted octanol–water partition coefficient (Wildman–Crippen LogP) is 3.03. The largest absolute Gasteiger partial charge is 0.481 e. The Morgan fingerprint density at radius 2 is 2.31 bits per heavy atom. The molecule has 0 atom stereocenters. The normalized spacial score (nSPS) is 14.1. The molecule has 5 heteroatoms. The summed E-state index contributed by atoms with van der Waals surface area (Å²) in [6.45, 7) is 0. The Morgan fingerprint density at radius 1 is 1.50 bits per heavy atom. The van der Waals surface area contributed by atoms with Crippen LogP contribution in [0.5, 0.6) is 0 Å². The summed E-state index contributed by atoms with van der Waals surface area (Å²) in [5, 5.41) is 9.56. The molecule has 0 saturated heterocycles. The zero-order valence-electron chi connectivity index (χ0n) is 8.55. The Labute approximate surface area is 102 Å². The van der Waals surface area contributed by atoms with E-state index in [-0.39, 0.29) is 6.42 Å². The highest BCUT2D eigenvalue weighted by atomic mass is 32.2. The Bertz CT molecular complexity index is 432. The quantitative estimate of drug-likeness (QED) is 0.899. The smallest absolute Gasteiger partial charge is 0.304 e. The maximum absolute atomic E-state index is 10.4. The molecule has 0 radical (unpaired) electrons. The first kappa shape index (κ1) is 11.5. The van der Waals surface area contributed by atoms with Gasteiger partial charge in [0.05, 0.1) is 17.2 Å². The van der Waals surface area contributed by atoms with Gasteiger partial charge in [-0.15, -0.1) is 23.5 Å². The molecule has 1 aliphatic heterocycles. The van der Waals surface area contributed by atoms with Gasteiger partial charge in [-0.2, -0.15) is 0 Å². The lowest BCUT2D eigenvalue weighted by Gasteiger charge is -2.13. The molecule has 1 aromatic carbocycles. The molecule has 0 amide bonds. The van der Waals surface area contributed by atoms with Crippen LogP contribution in [-0.4, -0.2) is 27.6 Å². The van der Waals surface area contributed by atoms with Gasteiger partial charge in [-0.1, -0.05) is 12.1 Å². The Kier molecular flexibility index (Phi) is 3.90. The van der Waals surface area contributed by atoms with Gasteiger partial charge in [0.2, 0.25) is 0 Å². The number of fused-ring (bicyclic) bond motifs is 1. The fourth-order valence-corrected chi connectivity index (χ4v) is 3.27. The van der Waals surface area contributed by atoms with Crippen LogP contribution in [0.2, 0.25) is 0 Å². The molecule has 1 heterocycles. The molecular weight excluding hydrogens is 242 g/mol. The monoisotopic (exact) mass is 253 g/mol. The van der Waals surface area contributed by atoms with E-state index in [4.69, 9.17) is 5.11 Å². The standard InChI is InChI=1S/C11H11NO2S2/c13-11(14)5-6-15-10-7-16-9-4-2-1-3-8(9)12-10/h1-4H,5-7H2,(H,13,14). The fraction of sp³-hybridized carbons (Fsp3) is 0.273. The van der Waals surface area contributed by atoms with E-state index in [0.29, 0.717) is 5.75 Å². The van der Waals surface area contributed by atoms with E-state index in [1.165, 1.54) is 16.7 Å². The van der Waals surface area contributed by atoms with Crippen LogP contribution in [-0.2, 0) is 4.79 Å². The van der Waals surface area contributed by atoms with E-state index in [1.807, 2.05) is 18.2 Å². The van der Waals surface area contributed by atoms with Crippen molar-refractivity contribution in [1.82, 2.24) is 0 Å². The molecule has 16 heavy (non-hydrogen) atoms. The van der Waals surface area contributed by atoms with Gasteiger partial charge in [0.1, 0.15) is 0 Å². The molecule has 84 valence electrons. The first-order chi connectivity index (χ1) is 7.75. The molecule has 0 aromatic heterocycles. The summed E-state index contributed by atoms with van der Waals surface area (Å²) in [5.41, 5.74) is 0.997. The SMILES string of the molecule is O=C(O)CCSC1=Nc2ccccc2SC1. The molecule has 0 fully saturated rings. The van der Waals surface area contributed by atoms with Crippen molar-refractivity contribution in [2.24, 2.45) is 4.99 Å². The molecule has 3 nitrogen and oxygen atoms in total. The molecule has 0 saturated carbocycles. The first-order valence-electron chi connectivity index (χ1n) is 4.90. The number of nitrogens with zero attached hydrogens (tertiary/aromatic N) is 1. The van der Waals surface area contributed by atoms with E-state index >= 15 is 0 Å². The second-order valence-electron chi connectivity index (χ2n) is 3.25. The minimum atomic E-state index is -0.753. The summed E-state index contributed by atoms with van der Waals surface area (Å²) in [7, 11) is 0. The summed E-state index contributed by atoms with van der Waals surface area (Å²) in [4.78, 5) is 16.1. The highest BCUT2D eigenvalue weighted by molar-refractivity contribution is 8.16. The second kappa shape index (κ2) is 5.41. The van der Waals surface area contributed by atoms with Crippen molar-refractivity contribution in [3.63, 3.8) is 0 Å². The average molecular weight is 253 g/mol. The van der Waals surface area contributed by atoms with Gasteiger partial charge in [0.25, 0.3) is 0 Å². The molecule has 1 aromatic rings. The Balaban J connectivity index is 1.98. The van der Waals surface area contributed by atoms with Crippen LogP contribution in [0, 0.1) is 0 Å². The van der Waals surface area contributed by atoms with Crippen LogP contribution >= 0.6 is 23.5 Å². The van der Waals surface area contributed by atoms with E-state index in [0.717, 1.165) is 16.5 Å². The van der Waals surface area contributed by atoms with Gasteiger partial charge in [0, 0.05) is 16.4 Å². The maximum atomic E-state index is 10.4. The number of benzene rings is 1. The van der Waals surface area contributed by atoms with Crippen LogP contribution in [0.4, 0.5) is 5.69 Å². The summed E-state index contributed by atoms with van der Waals surface area (Å²) >= 11 is 3.29. The number of hydrogen-bond acceptors (Lipinski definition) is 4. The van der Waals surface area contributed by atoms with Crippen LogP contribution < -0.4 is 0 Å². The van der Waals surface area contributed by atoms with Crippen LogP contribution in [0.1, 0.15) is 6.42 Å². The topological polar surface area (TPSA) is 49.7 Å². The lowest BCUT2D eigenvalue weighted by molar-refractivity contribution is -0.136. The fourth-order valence-electron chi connectivity index (χ4n) is 1.31. The third-order valence-electron chi connectivity index (χ3n) is 2.05. The van der Waals surface area contributed by atoms with Crippen molar-refractivity contribution < 1.29 is 9.90 Å². The minimum Gasteiger partial charge on any atom is -0.481 e. The van der Waals surface area contributed by atoms with E-state index in [2.05, 4.69) is 11.1 Å². The van der Waals surface area contributed by atoms with Gasteiger partial charge in [0.15, 0.2) is 0 Å². The molecular formula is C11H11NO2S2. The first-order valence-corrected chi connectivity index (χ1v) is 6.87. The molecule has 2 rings (SSSR count). The number of carbonyl (C=O) groups is 1. The van der Waals surface area contributed by atoms with E-state index < -0.39 is 5.97 Å². The Morgan fingerprint density at radius 3 is 3.12 bits per heavy atom. The van der Waals surface area contributed by atoms with Crippen LogP contribution in [0.25, 0.3) is 0 Å². The van der Waals surface area contributed by atoms with Crippen LogP contribution in [0.15, 0.2) is 34.2 Å². The minimum absolute atomic E-state index is 0.190. The van der Waals surface area contributed by atoms with Crippen molar-refractivity contribution in [2.75, 3.05) is 11.5 Å². The highest BCUT2D eigenvalue weighted by Crippen LogP contribution is 2.35. The number of carboxylic acids is 1. The number of thioether (sulfide) groups is 2. The summed E-state index contributed by atoms with van der Waals surface area (Å²) < 4.78 is 0. The highest BCUT2D eigenvalue weighted by Gasteiger charge is 2.12. The lowest BCUT2D eigenvalue weighted by Crippen LogP contribution is -2.04. The molecule has 1 N–H and O–H groups in total. The van der Waals surface area contributed by atoms with Crippen molar-refractivity contribution >= 4 is 40.2 Å². The van der Waals surface area contributed by atoms with Crippen molar-refractivity contribution in [2.45, 2.75) is 11.3 Å². The molecule has 0 unspecified atom stereocenters. The van der Waals surface area contributed by atoms with E-state index in [9.17, 15) is 4.79 Å². The summed E-state index contributed by atoms with van der Waals surface area (Å²) in [6, 6.07) is 8.01. The van der Waals surface area contributed by atoms with Crippen LogP contribution in [0.3, 0.4) is 0 Å². The summed E-state index contributed by atoms with van der Waals surface area (Å²) in [6.07, 6.45) is 0.190. The third kappa shape index (κ3) is 3.02. The number of aliphatic carboxylic acids is 1. The number of aliphatic imine (C=N–C) groups is 1. The van der Waals surface area contributed by atoms with E-state index in [1.54, 1.807) is 11.8 Å². The van der Waals surface area contributed by atoms with Gasteiger partial charge < -0.3 is 5.11 Å². The molecule has 0 spiro atoms. The number of rotatable bonds is 3. The van der Waals surface area contributed by atoms with Gasteiger partial charge in [-0.05, 0) is 12.1 Å². The lowest BCUT2D eigenvalue weighted by atomic mass is 10.3. The van der Waals surface area contributed by atoms with Gasteiger partial charge in [-0.25, -0.2) is 4.99 Å². The average Bonchev–Trinajstić information content (AvgIpc) is 2.28. The van der Waals surface area contributed by atoms with Gasteiger partial charge >= 0.3 is 5.97 Å². The molecule has 0 aliphatic carbocycles. The number of carboxylic acid groups (broad SMARTS) is 1. The maximum Gasteiger partial charge on any atom is 0.304 e. The van der Waals surface area contributed by atoms with Crippen molar-refractivity contribution in [3.8, 4) is 0 Å². The van der Waals surface area contributed by atoms with Crippen molar-refractivity contribution in [1.29, 1.82) is 0 Å². The summed E-state index contributed by atoms with van der Waals surface area (Å²) in [5.74, 6) is 0.690. The molecule has 1 aliphatic rings. The number of hydrogen-bond donors (Lipinski definition) is 1. The zero-order valence-corrected chi connectivity index (χ0v) is 10.2. The third-order valence-corrected chi connectivity index (χ3v) is 4.28.